The second-order valence-corrected chi connectivity index (χ2v) is 8.23. The van der Waals surface area contributed by atoms with E-state index in [1.54, 1.807) is 0 Å². The molecule has 6 nitrogen and oxygen atoms in total. The van der Waals surface area contributed by atoms with Gasteiger partial charge >= 0.3 is 5.97 Å². The summed E-state index contributed by atoms with van der Waals surface area (Å²) in [6.07, 6.45) is 5.26. The molecule has 1 saturated heterocycles. The van der Waals surface area contributed by atoms with Crippen LogP contribution in [0.25, 0.3) is 10.9 Å². The zero-order valence-electron chi connectivity index (χ0n) is 14.7. The highest BCUT2D eigenvalue weighted by Crippen LogP contribution is 2.57. The molecule has 0 amide bonds. The summed E-state index contributed by atoms with van der Waals surface area (Å²) in [5.41, 5.74) is 6.36. The van der Waals surface area contributed by atoms with Crippen molar-refractivity contribution in [1.29, 1.82) is 0 Å². The maximum atomic E-state index is 15.3. The number of carboxylic acids is 1. The van der Waals surface area contributed by atoms with Crippen molar-refractivity contribution >= 4 is 34.2 Å². The molecule has 1 atom stereocenters. The molecule has 4 N–H and O–H groups in total. The van der Waals surface area contributed by atoms with Crippen LogP contribution >= 0.6 is 11.6 Å². The number of aromatic amines is 1. The van der Waals surface area contributed by atoms with E-state index >= 15 is 4.39 Å². The first-order chi connectivity index (χ1) is 12.8. The van der Waals surface area contributed by atoms with Gasteiger partial charge in [0, 0.05) is 36.3 Å². The smallest absolute Gasteiger partial charge is 0.341 e. The number of halogens is 2. The van der Waals surface area contributed by atoms with E-state index < -0.39 is 27.7 Å². The highest BCUT2D eigenvalue weighted by Gasteiger charge is 2.47. The van der Waals surface area contributed by atoms with E-state index in [-0.39, 0.29) is 11.4 Å². The monoisotopic (exact) mass is 393 g/mol. The summed E-state index contributed by atoms with van der Waals surface area (Å²) in [6, 6.07) is 1.06. The summed E-state index contributed by atoms with van der Waals surface area (Å²) in [5.74, 6) is -1.92. The molecule has 2 aromatic rings. The minimum absolute atomic E-state index is 0.0113. The summed E-state index contributed by atoms with van der Waals surface area (Å²) in [4.78, 5) is 27.9. The van der Waals surface area contributed by atoms with Gasteiger partial charge in [-0.25, -0.2) is 9.18 Å². The average molecular weight is 394 g/mol. The minimum Gasteiger partial charge on any atom is -0.477 e. The van der Waals surface area contributed by atoms with Crippen molar-refractivity contribution < 1.29 is 14.3 Å². The van der Waals surface area contributed by atoms with Crippen LogP contribution in [0.2, 0.25) is 0 Å². The lowest BCUT2D eigenvalue weighted by atomic mass is 9.99. The molecular formula is C19H21ClFN3O3. The van der Waals surface area contributed by atoms with Crippen molar-refractivity contribution in [3.8, 4) is 0 Å². The second kappa shape index (κ2) is 6.49. The number of aromatic carboxylic acids is 1. The van der Waals surface area contributed by atoms with Crippen LogP contribution in [0.3, 0.4) is 0 Å². The first-order valence-electron chi connectivity index (χ1n) is 9.13. The third kappa shape index (κ3) is 3.08. The molecular weight excluding hydrogens is 373 g/mol. The normalized spacial score (nSPS) is 21.9. The molecule has 2 aliphatic rings. The van der Waals surface area contributed by atoms with Crippen LogP contribution < -0.4 is 16.1 Å². The Morgan fingerprint density at radius 2 is 2.15 bits per heavy atom. The predicted molar refractivity (Wildman–Crippen MR) is 102 cm³/mol. The number of nitrogens with one attached hydrogen (secondary N) is 1. The van der Waals surface area contributed by atoms with Crippen molar-refractivity contribution in [1.82, 2.24) is 4.98 Å². The van der Waals surface area contributed by atoms with Gasteiger partial charge in [-0.1, -0.05) is 6.42 Å². The standard InChI is InChI=1S/C19H21ClFN3O3/c20-19(4-5-19)14-15-11(17(25)12(8-23-15)18(26)27)7-13(21)16(14)24-6-2-1-3-10(22)9-24/h7-8,10H,1-6,9,22H2,(H,23,25)(H,26,27)/t10-/m1/s1. The van der Waals surface area contributed by atoms with E-state index in [1.165, 1.54) is 0 Å². The Morgan fingerprint density at radius 3 is 2.81 bits per heavy atom. The molecule has 0 spiro atoms. The van der Waals surface area contributed by atoms with Gasteiger partial charge in [0.1, 0.15) is 11.4 Å². The first-order valence-corrected chi connectivity index (χ1v) is 9.51. The lowest BCUT2D eigenvalue weighted by Crippen LogP contribution is -2.37. The summed E-state index contributed by atoms with van der Waals surface area (Å²) in [5, 5.41) is 9.20. The molecule has 2 heterocycles. The van der Waals surface area contributed by atoms with Crippen molar-refractivity contribution in [2.75, 3.05) is 18.0 Å². The number of carbonyl (C=O) groups is 1. The molecule has 27 heavy (non-hydrogen) atoms. The molecule has 1 aromatic heterocycles. The fourth-order valence-electron chi connectivity index (χ4n) is 3.97. The van der Waals surface area contributed by atoms with Crippen LogP contribution in [0.15, 0.2) is 17.1 Å². The molecule has 1 aliphatic heterocycles. The van der Waals surface area contributed by atoms with Crippen molar-refractivity contribution in [2.24, 2.45) is 5.73 Å². The van der Waals surface area contributed by atoms with Gasteiger partial charge in [0.05, 0.1) is 16.1 Å². The van der Waals surface area contributed by atoms with Crippen molar-refractivity contribution in [3.05, 3.63) is 39.4 Å². The minimum atomic E-state index is -1.35. The van der Waals surface area contributed by atoms with Gasteiger partial charge in [0.25, 0.3) is 0 Å². The van der Waals surface area contributed by atoms with Gasteiger partial charge in [-0.3, -0.25) is 4.79 Å². The summed E-state index contributed by atoms with van der Waals surface area (Å²) >= 11 is 6.71. The largest absolute Gasteiger partial charge is 0.477 e. The third-order valence-corrected chi connectivity index (χ3v) is 6.06. The van der Waals surface area contributed by atoms with Crippen molar-refractivity contribution in [2.45, 2.75) is 43.0 Å². The number of hydrogen-bond acceptors (Lipinski definition) is 4. The number of nitrogens with two attached hydrogens (primary N) is 1. The number of carboxylic acid groups (broad SMARTS) is 1. The Bertz CT molecular complexity index is 986. The number of nitrogens with zero attached hydrogens (tertiary/aromatic N) is 1. The van der Waals surface area contributed by atoms with E-state index in [1.807, 2.05) is 4.90 Å². The number of benzene rings is 1. The maximum absolute atomic E-state index is 15.3. The summed E-state index contributed by atoms with van der Waals surface area (Å²) in [7, 11) is 0. The van der Waals surface area contributed by atoms with E-state index in [0.717, 1.165) is 31.5 Å². The van der Waals surface area contributed by atoms with Gasteiger partial charge < -0.3 is 20.7 Å². The molecule has 1 saturated carbocycles. The number of aromatic nitrogens is 1. The van der Waals surface area contributed by atoms with Crippen LogP contribution in [0.1, 0.15) is 48.0 Å². The van der Waals surface area contributed by atoms with Crippen LogP contribution in [0, 0.1) is 5.82 Å². The van der Waals surface area contributed by atoms with Crippen LogP contribution in [0.4, 0.5) is 10.1 Å². The van der Waals surface area contributed by atoms with E-state index in [2.05, 4.69) is 4.98 Å². The molecule has 4 rings (SSSR count). The van der Waals surface area contributed by atoms with Gasteiger partial charge in [0.2, 0.25) is 5.43 Å². The van der Waals surface area contributed by atoms with Crippen LogP contribution in [-0.2, 0) is 4.87 Å². The zero-order chi connectivity index (χ0) is 19.3. The van der Waals surface area contributed by atoms with Crippen LogP contribution in [-0.4, -0.2) is 35.2 Å². The lowest BCUT2D eigenvalue weighted by Gasteiger charge is -2.30. The number of fused-ring (bicyclic) bond motifs is 1. The SMILES string of the molecule is N[C@@H]1CCCCN(c2c(F)cc3c(=O)c(C(=O)O)c[nH]c3c2C2(Cl)CC2)C1. The molecule has 2 fully saturated rings. The Labute approximate surface area is 160 Å². The van der Waals surface area contributed by atoms with E-state index in [0.29, 0.717) is 42.7 Å². The van der Waals surface area contributed by atoms with Crippen molar-refractivity contribution in [3.63, 3.8) is 0 Å². The maximum Gasteiger partial charge on any atom is 0.341 e. The summed E-state index contributed by atoms with van der Waals surface area (Å²) < 4.78 is 15.3. The third-order valence-electron chi connectivity index (χ3n) is 5.50. The fourth-order valence-corrected chi connectivity index (χ4v) is 4.24. The molecule has 1 aliphatic carbocycles. The topological polar surface area (TPSA) is 99.4 Å². The zero-order valence-corrected chi connectivity index (χ0v) is 15.5. The number of alkyl halides is 1. The lowest BCUT2D eigenvalue weighted by molar-refractivity contribution is 0.0695. The van der Waals surface area contributed by atoms with Gasteiger partial charge in [0.15, 0.2) is 0 Å². The van der Waals surface area contributed by atoms with Crippen LogP contribution in [0.5, 0.6) is 0 Å². The Kier molecular flexibility index (Phi) is 4.39. The highest BCUT2D eigenvalue weighted by molar-refractivity contribution is 6.27. The number of rotatable bonds is 3. The van der Waals surface area contributed by atoms with E-state index in [4.69, 9.17) is 17.3 Å². The Morgan fingerprint density at radius 1 is 1.41 bits per heavy atom. The Hall–Kier alpha value is -2.12. The van der Waals surface area contributed by atoms with Gasteiger partial charge in [-0.05, 0) is 31.7 Å². The Balaban J connectivity index is 1.99. The number of anilines is 1. The predicted octanol–water partition coefficient (Wildman–Crippen LogP) is 2.91. The molecule has 0 unspecified atom stereocenters. The van der Waals surface area contributed by atoms with Gasteiger partial charge in [-0.2, -0.15) is 0 Å². The average Bonchev–Trinajstić information content (AvgIpc) is 3.38. The molecule has 144 valence electrons. The highest BCUT2D eigenvalue weighted by atomic mass is 35.5. The van der Waals surface area contributed by atoms with E-state index in [9.17, 15) is 14.7 Å². The quantitative estimate of drug-likeness (QED) is 0.696. The molecule has 8 heteroatoms. The molecule has 0 radical (unpaired) electrons. The first kappa shape index (κ1) is 18.3. The van der Waals surface area contributed by atoms with Gasteiger partial charge in [-0.15, -0.1) is 11.6 Å². The molecule has 0 bridgehead atoms. The molecule has 1 aromatic carbocycles. The number of pyridine rings is 1. The summed E-state index contributed by atoms with van der Waals surface area (Å²) in [6.45, 7) is 1.17. The fraction of sp³-hybridized carbons (Fsp3) is 0.474. The number of H-pyrrole nitrogens is 1. The second-order valence-electron chi connectivity index (χ2n) is 7.51. The number of hydrogen-bond donors (Lipinski definition) is 3.